The van der Waals surface area contributed by atoms with Crippen LogP contribution in [-0.4, -0.2) is 21.6 Å². The van der Waals surface area contributed by atoms with E-state index in [-0.39, 0.29) is 5.75 Å². The van der Waals surface area contributed by atoms with Crippen molar-refractivity contribution in [2.75, 3.05) is 0 Å². The molecule has 0 spiro atoms. The average molecular weight is 457 g/mol. The first-order chi connectivity index (χ1) is 16.2. The summed E-state index contributed by atoms with van der Waals surface area (Å²) in [7, 11) is 1.66. The molecule has 1 aromatic heterocycles. The molecule has 0 aliphatic carbocycles. The predicted octanol–water partition coefficient (Wildman–Crippen LogP) is 2.93. The van der Waals surface area contributed by atoms with E-state index in [0.29, 0.717) is 23.1 Å². The minimum Gasteiger partial charge on any atom is -0.508 e. The lowest BCUT2D eigenvalue weighted by molar-refractivity contribution is -0.126. The summed E-state index contributed by atoms with van der Waals surface area (Å²) in [6.07, 6.45) is 0.309. The second-order valence-electron chi connectivity index (χ2n) is 8.41. The summed E-state index contributed by atoms with van der Waals surface area (Å²) in [4.78, 5) is 24.5. The minimum atomic E-state index is -1.36. The number of rotatable bonds is 6. The first-order valence-corrected chi connectivity index (χ1v) is 10.7. The fourth-order valence-electron chi connectivity index (χ4n) is 3.75. The van der Waals surface area contributed by atoms with Gasteiger partial charge < -0.3 is 20.6 Å². The molecule has 172 valence electrons. The number of aromatic nitrogens is 1. The number of amides is 1. The standard InChI is InChI=1S/C26H24N4O4/c1-26(28,19-8-10-21(31)11-9-19)24(32)29-20(15-27)13-16-3-5-17(6-4-16)18-7-12-23-22(14-18)30(2)25(33)34-23/h3-12,14,20,31H,13,28H2,1-2H3,(H,29,32)/t20-,26?/m0/s1. The number of nitrogens with one attached hydrogen (secondary N) is 1. The molecule has 1 heterocycles. The number of phenolic OH excluding ortho intramolecular Hbond substituents is 1. The van der Waals surface area contributed by atoms with Crippen molar-refractivity contribution < 1.29 is 14.3 Å². The van der Waals surface area contributed by atoms with Crippen LogP contribution < -0.4 is 16.8 Å². The highest BCUT2D eigenvalue weighted by atomic mass is 16.4. The van der Waals surface area contributed by atoms with Crippen LogP contribution in [0.1, 0.15) is 18.1 Å². The highest BCUT2D eigenvalue weighted by Crippen LogP contribution is 2.25. The van der Waals surface area contributed by atoms with Gasteiger partial charge in [-0.1, -0.05) is 42.5 Å². The summed E-state index contributed by atoms with van der Waals surface area (Å²) in [5, 5.41) is 21.8. The summed E-state index contributed by atoms with van der Waals surface area (Å²) in [6, 6.07) is 20.6. The first-order valence-electron chi connectivity index (χ1n) is 10.7. The zero-order valence-electron chi connectivity index (χ0n) is 18.8. The van der Waals surface area contributed by atoms with Crippen molar-refractivity contribution >= 4 is 17.0 Å². The molecule has 8 nitrogen and oxygen atoms in total. The lowest BCUT2D eigenvalue weighted by Gasteiger charge is -2.25. The van der Waals surface area contributed by atoms with Gasteiger partial charge in [-0.3, -0.25) is 9.36 Å². The Balaban J connectivity index is 1.47. The normalized spacial score (nSPS) is 13.7. The first kappa shape index (κ1) is 22.8. The molecule has 2 atom stereocenters. The highest BCUT2D eigenvalue weighted by molar-refractivity contribution is 5.87. The Hall–Kier alpha value is -4.35. The van der Waals surface area contributed by atoms with Gasteiger partial charge in [0.25, 0.3) is 0 Å². The molecule has 0 radical (unpaired) electrons. The van der Waals surface area contributed by atoms with Crippen molar-refractivity contribution in [3.05, 3.63) is 88.4 Å². The van der Waals surface area contributed by atoms with Crippen LogP contribution in [-0.2, 0) is 23.8 Å². The Morgan fingerprint density at radius 3 is 2.44 bits per heavy atom. The lowest BCUT2D eigenvalue weighted by atomic mass is 9.91. The smallest absolute Gasteiger partial charge is 0.419 e. The van der Waals surface area contributed by atoms with Gasteiger partial charge in [0.15, 0.2) is 5.58 Å². The zero-order valence-corrected chi connectivity index (χ0v) is 18.8. The second-order valence-corrected chi connectivity index (χ2v) is 8.41. The van der Waals surface area contributed by atoms with Crippen LogP contribution in [0.15, 0.2) is 75.9 Å². The van der Waals surface area contributed by atoms with Gasteiger partial charge in [-0.25, -0.2) is 4.79 Å². The summed E-state index contributed by atoms with van der Waals surface area (Å²) < 4.78 is 6.63. The number of phenols is 1. The number of fused-ring (bicyclic) bond motifs is 1. The van der Waals surface area contributed by atoms with Crippen LogP contribution in [0.5, 0.6) is 5.75 Å². The Kier molecular flexibility index (Phi) is 5.97. The topological polar surface area (TPSA) is 134 Å². The number of aryl methyl sites for hydroxylation is 1. The summed E-state index contributed by atoms with van der Waals surface area (Å²) in [5.41, 5.74) is 9.37. The predicted molar refractivity (Wildman–Crippen MR) is 128 cm³/mol. The van der Waals surface area contributed by atoms with Crippen molar-refractivity contribution in [2.45, 2.75) is 24.9 Å². The van der Waals surface area contributed by atoms with E-state index in [1.807, 2.05) is 36.4 Å². The van der Waals surface area contributed by atoms with Crippen LogP contribution in [0.4, 0.5) is 0 Å². The minimum absolute atomic E-state index is 0.0760. The maximum atomic E-state index is 12.8. The summed E-state index contributed by atoms with van der Waals surface area (Å²) in [5.74, 6) is -0.821. The van der Waals surface area contributed by atoms with Gasteiger partial charge in [-0.2, -0.15) is 5.26 Å². The quantitative estimate of drug-likeness (QED) is 0.408. The molecule has 4 aromatic rings. The SMILES string of the molecule is Cn1c(=O)oc2ccc(-c3ccc(C[C@@H](C#N)NC(=O)C(C)(N)c4ccc(O)cc4)cc3)cc21. The van der Waals surface area contributed by atoms with Gasteiger partial charge in [0.1, 0.15) is 17.3 Å². The molecule has 0 saturated heterocycles. The van der Waals surface area contributed by atoms with Gasteiger partial charge >= 0.3 is 5.76 Å². The molecule has 4 rings (SSSR count). The molecular weight excluding hydrogens is 432 g/mol. The number of oxazole rings is 1. The van der Waals surface area contributed by atoms with Gasteiger partial charge in [0, 0.05) is 13.5 Å². The fraction of sp³-hybridized carbons (Fsp3) is 0.192. The number of nitrogens with two attached hydrogens (primary N) is 1. The number of nitriles is 1. The van der Waals surface area contributed by atoms with Crippen molar-refractivity contribution in [1.82, 2.24) is 9.88 Å². The van der Waals surface area contributed by atoms with Crippen molar-refractivity contribution in [1.29, 1.82) is 5.26 Å². The van der Waals surface area contributed by atoms with E-state index in [1.54, 1.807) is 32.2 Å². The van der Waals surface area contributed by atoms with E-state index in [1.165, 1.54) is 16.7 Å². The number of carbonyl (C=O) groups excluding carboxylic acids is 1. The third-order valence-corrected chi connectivity index (χ3v) is 5.92. The molecule has 0 fully saturated rings. The van der Waals surface area contributed by atoms with Gasteiger partial charge in [-0.05, 0) is 53.4 Å². The number of benzene rings is 3. The molecule has 3 aromatic carbocycles. The van der Waals surface area contributed by atoms with Gasteiger partial charge in [0.05, 0.1) is 11.6 Å². The van der Waals surface area contributed by atoms with Crippen LogP contribution in [0.25, 0.3) is 22.2 Å². The number of nitrogens with zero attached hydrogens (tertiary/aromatic N) is 2. The third-order valence-electron chi connectivity index (χ3n) is 5.92. The summed E-state index contributed by atoms with van der Waals surface area (Å²) in [6.45, 7) is 1.56. The molecule has 0 aliphatic heterocycles. The summed E-state index contributed by atoms with van der Waals surface area (Å²) >= 11 is 0. The zero-order chi connectivity index (χ0) is 24.5. The third kappa shape index (κ3) is 4.42. The maximum absolute atomic E-state index is 12.8. The van der Waals surface area contributed by atoms with Crippen LogP contribution in [0, 0.1) is 11.3 Å². The number of hydrogen-bond donors (Lipinski definition) is 3. The van der Waals surface area contributed by atoms with Gasteiger partial charge in [-0.15, -0.1) is 0 Å². The van der Waals surface area contributed by atoms with E-state index < -0.39 is 23.2 Å². The number of hydrogen-bond acceptors (Lipinski definition) is 6. The van der Waals surface area contributed by atoms with E-state index in [4.69, 9.17) is 10.2 Å². The van der Waals surface area contributed by atoms with Crippen molar-refractivity contribution in [2.24, 2.45) is 12.8 Å². The number of aromatic hydroxyl groups is 1. The number of carbonyl (C=O) groups is 1. The van der Waals surface area contributed by atoms with Crippen LogP contribution >= 0.6 is 0 Å². The van der Waals surface area contributed by atoms with Crippen molar-refractivity contribution in [3.8, 4) is 22.9 Å². The monoisotopic (exact) mass is 456 g/mol. The van der Waals surface area contributed by atoms with Crippen LogP contribution in [0.2, 0.25) is 0 Å². The lowest BCUT2D eigenvalue weighted by Crippen LogP contribution is -2.52. The molecule has 0 saturated carbocycles. The molecule has 34 heavy (non-hydrogen) atoms. The van der Waals surface area contributed by atoms with Gasteiger partial charge in [0.2, 0.25) is 5.91 Å². The Bertz CT molecular complexity index is 1440. The second kappa shape index (κ2) is 8.89. The Morgan fingerprint density at radius 2 is 1.79 bits per heavy atom. The highest BCUT2D eigenvalue weighted by Gasteiger charge is 2.32. The van der Waals surface area contributed by atoms with E-state index in [2.05, 4.69) is 11.4 Å². The molecule has 8 heteroatoms. The fourth-order valence-corrected chi connectivity index (χ4v) is 3.75. The molecule has 0 bridgehead atoms. The van der Waals surface area contributed by atoms with E-state index in [9.17, 15) is 20.0 Å². The molecule has 4 N–H and O–H groups in total. The van der Waals surface area contributed by atoms with Crippen LogP contribution in [0.3, 0.4) is 0 Å². The van der Waals surface area contributed by atoms with E-state index >= 15 is 0 Å². The molecule has 0 aliphatic rings. The molecule has 1 unspecified atom stereocenters. The van der Waals surface area contributed by atoms with Crippen molar-refractivity contribution in [3.63, 3.8) is 0 Å². The van der Waals surface area contributed by atoms with E-state index in [0.717, 1.165) is 16.7 Å². The maximum Gasteiger partial charge on any atom is 0.419 e. The largest absolute Gasteiger partial charge is 0.508 e. The molecular formula is C26H24N4O4. The average Bonchev–Trinajstić information content (AvgIpc) is 3.12. The Morgan fingerprint density at radius 1 is 1.15 bits per heavy atom. The molecule has 1 amide bonds. The Labute approximate surface area is 195 Å².